The highest BCUT2D eigenvalue weighted by Crippen LogP contribution is 2.12. The van der Waals surface area contributed by atoms with E-state index in [2.05, 4.69) is 0 Å². The number of carbonyl (C=O) groups excluding carboxylic acids is 1. The van der Waals surface area contributed by atoms with Crippen molar-refractivity contribution in [1.29, 1.82) is 0 Å². The lowest BCUT2D eigenvalue weighted by Crippen LogP contribution is -2.17. The molecular weight excluding hydrogens is 428 g/mol. The highest BCUT2D eigenvalue weighted by Gasteiger charge is 2.14. The summed E-state index contributed by atoms with van der Waals surface area (Å²) in [6.07, 6.45) is 1.83. The average molecular weight is 463 g/mol. The summed E-state index contributed by atoms with van der Waals surface area (Å²) in [5.41, 5.74) is 0.973. The van der Waals surface area contributed by atoms with E-state index in [9.17, 15) is 13.2 Å². The highest BCUT2D eigenvalue weighted by molar-refractivity contribution is 7.86. The molecule has 0 aliphatic carbocycles. The number of rotatable bonds is 19. The van der Waals surface area contributed by atoms with Crippen LogP contribution in [0.25, 0.3) is 0 Å². The molecule has 0 aromatic heterocycles. The van der Waals surface area contributed by atoms with Crippen LogP contribution in [0.4, 0.5) is 0 Å². The highest BCUT2D eigenvalue weighted by atomic mass is 32.2. The van der Waals surface area contributed by atoms with Gasteiger partial charge in [0.05, 0.1) is 64.4 Å². The van der Waals surface area contributed by atoms with Crippen molar-refractivity contribution < 1.29 is 41.1 Å². The molecule has 10 heteroatoms. The van der Waals surface area contributed by atoms with Crippen molar-refractivity contribution >= 4 is 16.1 Å². The average Bonchev–Trinajstić information content (AvgIpc) is 2.74. The van der Waals surface area contributed by atoms with Crippen molar-refractivity contribution in [3.8, 4) is 0 Å². The Morgan fingerprint density at radius 1 is 0.774 bits per heavy atom. The molecule has 0 saturated carbocycles. The SMILES string of the molecule is CCCCOC(=O)COCCOCCOCCOCCOS(=O)(=O)c1ccc(C)cc1. The molecule has 1 rings (SSSR count). The molecule has 0 N–H and O–H groups in total. The molecule has 1 aromatic carbocycles. The lowest BCUT2D eigenvalue weighted by Gasteiger charge is -2.08. The Hall–Kier alpha value is -1.56. The molecule has 0 bridgehead atoms. The first-order chi connectivity index (χ1) is 15.0. The lowest BCUT2D eigenvalue weighted by atomic mass is 10.2. The Balaban J connectivity index is 1.87. The van der Waals surface area contributed by atoms with Crippen molar-refractivity contribution in [2.45, 2.75) is 31.6 Å². The second kappa shape index (κ2) is 17.0. The van der Waals surface area contributed by atoms with Crippen molar-refractivity contribution in [3.05, 3.63) is 29.8 Å². The van der Waals surface area contributed by atoms with Gasteiger partial charge in [0.1, 0.15) is 6.61 Å². The van der Waals surface area contributed by atoms with Gasteiger partial charge in [-0.05, 0) is 25.5 Å². The van der Waals surface area contributed by atoms with Gasteiger partial charge in [0, 0.05) is 0 Å². The fourth-order valence-electron chi connectivity index (χ4n) is 2.16. The molecular formula is C21H34O9S. The molecule has 0 saturated heterocycles. The van der Waals surface area contributed by atoms with Crippen LogP contribution in [0, 0.1) is 6.92 Å². The van der Waals surface area contributed by atoms with Gasteiger partial charge in [0.2, 0.25) is 0 Å². The normalized spacial score (nSPS) is 11.5. The van der Waals surface area contributed by atoms with E-state index in [4.69, 9.17) is 27.9 Å². The summed E-state index contributed by atoms with van der Waals surface area (Å²) >= 11 is 0. The number of hydrogen-bond acceptors (Lipinski definition) is 9. The second-order valence-corrected chi connectivity index (χ2v) is 8.17. The van der Waals surface area contributed by atoms with E-state index in [1.54, 1.807) is 12.1 Å². The first kappa shape index (κ1) is 27.5. The van der Waals surface area contributed by atoms with Gasteiger partial charge in [0.25, 0.3) is 10.1 Å². The quantitative estimate of drug-likeness (QED) is 0.174. The molecule has 0 aliphatic heterocycles. The molecule has 178 valence electrons. The standard InChI is InChI=1S/C21H34O9S/c1-3-4-9-29-21(22)18-28-15-14-26-11-10-25-12-13-27-16-17-30-31(23,24)20-7-5-19(2)6-8-20/h5-8H,3-4,9-18H2,1-2H3. The van der Waals surface area contributed by atoms with Gasteiger partial charge >= 0.3 is 5.97 Å². The minimum atomic E-state index is -3.77. The van der Waals surface area contributed by atoms with Gasteiger partial charge in [-0.25, -0.2) is 4.79 Å². The molecule has 0 atom stereocenters. The van der Waals surface area contributed by atoms with E-state index in [1.165, 1.54) is 12.1 Å². The summed E-state index contributed by atoms with van der Waals surface area (Å²) in [5.74, 6) is -0.366. The predicted octanol–water partition coefficient (Wildman–Crippen LogP) is 2.11. The van der Waals surface area contributed by atoms with Crippen LogP contribution in [0.1, 0.15) is 25.3 Å². The molecule has 0 heterocycles. The molecule has 0 amide bonds. The number of esters is 1. The zero-order chi connectivity index (χ0) is 22.8. The van der Waals surface area contributed by atoms with Crippen LogP contribution in [0.2, 0.25) is 0 Å². The zero-order valence-corrected chi connectivity index (χ0v) is 19.2. The van der Waals surface area contributed by atoms with Crippen molar-refractivity contribution in [1.82, 2.24) is 0 Å². The molecule has 9 nitrogen and oxygen atoms in total. The largest absolute Gasteiger partial charge is 0.464 e. The van der Waals surface area contributed by atoms with E-state index in [0.29, 0.717) is 46.2 Å². The van der Waals surface area contributed by atoms with Gasteiger partial charge in [-0.3, -0.25) is 4.18 Å². The number of unbranched alkanes of at least 4 members (excludes halogenated alkanes) is 1. The summed E-state index contributed by atoms with van der Waals surface area (Å²) in [4.78, 5) is 11.4. The Morgan fingerprint density at radius 2 is 1.29 bits per heavy atom. The van der Waals surface area contributed by atoms with Crippen LogP contribution in [0.3, 0.4) is 0 Å². The smallest absolute Gasteiger partial charge is 0.332 e. The van der Waals surface area contributed by atoms with Crippen LogP contribution < -0.4 is 0 Å². The van der Waals surface area contributed by atoms with Gasteiger partial charge < -0.3 is 23.7 Å². The molecule has 0 aliphatic rings. The van der Waals surface area contributed by atoms with Gasteiger partial charge in [0.15, 0.2) is 0 Å². The molecule has 0 spiro atoms. The maximum absolute atomic E-state index is 12.0. The van der Waals surface area contributed by atoms with Crippen molar-refractivity contribution in [3.63, 3.8) is 0 Å². The van der Waals surface area contributed by atoms with E-state index >= 15 is 0 Å². The van der Waals surface area contributed by atoms with E-state index in [0.717, 1.165) is 18.4 Å². The molecule has 0 radical (unpaired) electrons. The van der Waals surface area contributed by atoms with Gasteiger partial charge in [-0.2, -0.15) is 8.42 Å². The summed E-state index contributed by atoms with van der Waals surface area (Å²) < 4.78 is 54.9. The number of ether oxygens (including phenoxy) is 5. The topological polar surface area (TPSA) is 107 Å². The summed E-state index contributed by atoms with van der Waals surface area (Å²) in [7, 11) is -3.77. The van der Waals surface area contributed by atoms with Crippen LogP contribution in [-0.2, 0) is 42.8 Å². The van der Waals surface area contributed by atoms with E-state index < -0.39 is 10.1 Å². The number of aryl methyl sites for hydroxylation is 1. The Bertz CT molecular complexity index is 689. The first-order valence-corrected chi connectivity index (χ1v) is 11.8. The number of benzene rings is 1. The maximum atomic E-state index is 12.0. The Morgan fingerprint density at radius 3 is 1.84 bits per heavy atom. The third kappa shape index (κ3) is 14.2. The maximum Gasteiger partial charge on any atom is 0.332 e. The summed E-state index contributed by atoms with van der Waals surface area (Å²) in [5, 5.41) is 0. The molecule has 0 fully saturated rings. The number of carbonyl (C=O) groups is 1. The summed E-state index contributed by atoms with van der Waals surface area (Å²) in [6.45, 7) is 6.45. The van der Waals surface area contributed by atoms with Crippen molar-refractivity contribution in [2.75, 3.05) is 66.1 Å². The predicted molar refractivity (Wildman–Crippen MR) is 113 cm³/mol. The Labute approximate surface area is 185 Å². The molecule has 1 aromatic rings. The second-order valence-electron chi connectivity index (χ2n) is 6.55. The third-order valence-electron chi connectivity index (χ3n) is 3.87. The van der Waals surface area contributed by atoms with Crippen LogP contribution in [-0.4, -0.2) is 80.5 Å². The van der Waals surface area contributed by atoms with Crippen LogP contribution in [0.5, 0.6) is 0 Å². The van der Waals surface area contributed by atoms with Crippen LogP contribution >= 0.6 is 0 Å². The van der Waals surface area contributed by atoms with Gasteiger partial charge in [-0.15, -0.1) is 0 Å². The lowest BCUT2D eigenvalue weighted by molar-refractivity contribution is -0.149. The van der Waals surface area contributed by atoms with E-state index in [-0.39, 0.29) is 30.7 Å². The van der Waals surface area contributed by atoms with Gasteiger partial charge in [-0.1, -0.05) is 31.0 Å². The minimum Gasteiger partial charge on any atom is -0.464 e. The van der Waals surface area contributed by atoms with Crippen molar-refractivity contribution in [2.24, 2.45) is 0 Å². The van der Waals surface area contributed by atoms with E-state index in [1.807, 2.05) is 13.8 Å². The summed E-state index contributed by atoms with van der Waals surface area (Å²) in [6, 6.07) is 6.45. The van der Waals surface area contributed by atoms with Crippen LogP contribution in [0.15, 0.2) is 29.2 Å². The zero-order valence-electron chi connectivity index (χ0n) is 18.4. The first-order valence-electron chi connectivity index (χ1n) is 10.4. The molecule has 0 unspecified atom stereocenters. The fourth-order valence-corrected chi connectivity index (χ4v) is 3.06. The fraction of sp³-hybridized carbons (Fsp3) is 0.667. The third-order valence-corrected chi connectivity index (χ3v) is 5.20. The monoisotopic (exact) mass is 462 g/mol. The Kier molecular flexibility index (Phi) is 15.1. The minimum absolute atomic E-state index is 0.0640. The molecule has 31 heavy (non-hydrogen) atoms. The number of hydrogen-bond donors (Lipinski definition) is 0.